The number of aryl methyl sites for hydroxylation is 1. The first-order valence-corrected chi connectivity index (χ1v) is 8.22. The number of hydrogen-bond donors (Lipinski definition) is 1. The molecule has 1 aromatic carbocycles. The third-order valence-corrected chi connectivity index (χ3v) is 4.25. The number of hydrogen-bond acceptors (Lipinski definition) is 3. The minimum atomic E-state index is 0.142. The number of nitrogens with one attached hydrogen (secondary N) is 1. The second kappa shape index (κ2) is 7.43. The van der Waals surface area contributed by atoms with Crippen LogP contribution < -0.4 is 10.1 Å². The summed E-state index contributed by atoms with van der Waals surface area (Å²) in [4.78, 5) is 0. The Morgan fingerprint density at radius 3 is 2.80 bits per heavy atom. The lowest BCUT2D eigenvalue weighted by molar-refractivity contribution is -0.104. The molecule has 0 spiro atoms. The van der Waals surface area contributed by atoms with Crippen molar-refractivity contribution in [3.05, 3.63) is 28.2 Å². The maximum Gasteiger partial charge on any atom is 0.134 e. The Morgan fingerprint density at radius 1 is 1.35 bits per heavy atom. The predicted molar refractivity (Wildman–Crippen MR) is 85.4 cm³/mol. The standard InChI is InChI=1S/C16H24BrNO2/c1-4-8-18-13-10-15(16(13)19-5-2)20-14-7-6-11(3)9-12(14)17/h6-7,9,13,15-16,18H,4-5,8,10H2,1-3H3. The van der Waals surface area contributed by atoms with Crippen LogP contribution in [0.1, 0.15) is 32.3 Å². The average molecular weight is 342 g/mol. The van der Waals surface area contributed by atoms with Crippen molar-refractivity contribution in [3.63, 3.8) is 0 Å². The van der Waals surface area contributed by atoms with Gasteiger partial charge in [0.15, 0.2) is 0 Å². The normalized spacial score (nSPS) is 25.3. The SMILES string of the molecule is CCCNC1CC(Oc2ccc(C)cc2Br)C1OCC. The van der Waals surface area contributed by atoms with Crippen LogP contribution in [-0.4, -0.2) is 31.4 Å². The molecule has 0 saturated heterocycles. The molecule has 0 bridgehead atoms. The lowest BCUT2D eigenvalue weighted by atomic mass is 9.85. The van der Waals surface area contributed by atoms with Crippen LogP contribution in [0.15, 0.2) is 22.7 Å². The largest absolute Gasteiger partial charge is 0.486 e. The van der Waals surface area contributed by atoms with Crippen molar-refractivity contribution < 1.29 is 9.47 Å². The predicted octanol–water partition coefficient (Wildman–Crippen LogP) is 3.68. The van der Waals surface area contributed by atoms with Crippen LogP contribution in [0.25, 0.3) is 0 Å². The molecule has 4 heteroatoms. The van der Waals surface area contributed by atoms with E-state index in [2.05, 4.69) is 47.2 Å². The number of ether oxygens (including phenoxy) is 2. The Labute approximate surface area is 130 Å². The van der Waals surface area contributed by atoms with Crippen molar-refractivity contribution in [1.82, 2.24) is 5.32 Å². The summed E-state index contributed by atoms with van der Waals surface area (Å²) in [7, 11) is 0. The van der Waals surface area contributed by atoms with E-state index in [1.54, 1.807) is 0 Å². The summed E-state index contributed by atoms with van der Waals surface area (Å²) in [5, 5.41) is 3.53. The van der Waals surface area contributed by atoms with E-state index in [-0.39, 0.29) is 12.2 Å². The molecule has 0 heterocycles. The van der Waals surface area contributed by atoms with Crippen LogP contribution in [-0.2, 0) is 4.74 Å². The molecule has 20 heavy (non-hydrogen) atoms. The summed E-state index contributed by atoms with van der Waals surface area (Å²) in [6.45, 7) is 8.05. The zero-order valence-corrected chi connectivity index (χ0v) is 14.1. The third-order valence-electron chi connectivity index (χ3n) is 3.63. The highest BCUT2D eigenvalue weighted by atomic mass is 79.9. The van der Waals surface area contributed by atoms with Crippen LogP contribution in [0.4, 0.5) is 0 Å². The van der Waals surface area contributed by atoms with Crippen LogP contribution in [0, 0.1) is 6.92 Å². The van der Waals surface area contributed by atoms with Crippen molar-refractivity contribution in [2.45, 2.75) is 51.9 Å². The molecule has 112 valence electrons. The smallest absolute Gasteiger partial charge is 0.134 e. The minimum absolute atomic E-state index is 0.142. The summed E-state index contributed by atoms with van der Waals surface area (Å²) in [6.07, 6.45) is 2.44. The average Bonchev–Trinajstić information content (AvgIpc) is 2.41. The van der Waals surface area contributed by atoms with Gasteiger partial charge in [0.1, 0.15) is 18.0 Å². The van der Waals surface area contributed by atoms with E-state index in [0.29, 0.717) is 6.04 Å². The van der Waals surface area contributed by atoms with Gasteiger partial charge in [-0.05, 0) is 60.4 Å². The van der Waals surface area contributed by atoms with E-state index >= 15 is 0 Å². The fourth-order valence-corrected chi connectivity index (χ4v) is 3.09. The lowest BCUT2D eigenvalue weighted by Crippen LogP contribution is -2.61. The summed E-state index contributed by atoms with van der Waals surface area (Å²) >= 11 is 3.56. The van der Waals surface area contributed by atoms with E-state index in [4.69, 9.17) is 9.47 Å². The number of benzene rings is 1. The van der Waals surface area contributed by atoms with Crippen LogP contribution in [0.2, 0.25) is 0 Å². The summed E-state index contributed by atoms with van der Waals surface area (Å²) in [5.74, 6) is 0.902. The molecular formula is C16H24BrNO2. The fourth-order valence-electron chi connectivity index (χ4n) is 2.51. The molecular weight excluding hydrogens is 318 g/mol. The molecule has 1 fully saturated rings. The lowest BCUT2D eigenvalue weighted by Gasteiger charge is -2.44. The van der Waals surface area contributed by atoms with Gasteiger partial charge in [-0.1, -0.05) is 13.0 Å². The molecule has 1 saturated carbocycles. The van der Waals surface area contributed by atoms with Gasteiger partial charge in [0.2, 0.25) is 0 Å². The molecule has 3 nitrogen and oxygen atoms in total. The van der Waals surface area contributed by atoms with Gasteiger partial charge >= 0.3 is 0 Å². The van der Waals surface area contributed by atoms with Crippen molar-refractivity contribution in [1.29, 1.82) is 0 Å². The first kappa shape index (κ1) is 15.8. The Kier molecular flexibility index (Phi) is 5.87. The zero-order valence-electron chi connectivity index (χ0n) is 12.5. The first-order chi connectivity index (χ1) is 9.65. The van der Waals surface area contributed by atoms with Gasteiger partial charge in [-0.3, -0.25) is 0 Å². The van der Waals surface area contributed by atoms with Crippen molar-refractivity contribution in [2.24, 2.45) is 0 Å². The van der Waals surface area contributed by atoms with Gasteiger partial charge in [0, 0.05) is 19.1 Å². The van der Waals surface area contributed by atoms with Crippen LogP contribution in [0.3, 0.4) is 0 Å². The van der Waals surface area contributed by atoms with E-state index in [1.807, 2.05) is 13.0 Å². The maximum absolute atomic E-state index is 6.10. The Hall–Kier alpha value is -0.580. The Balaban J connectivity index is 1.95. The molecule has 1 aliphatic rings. The van der Waals surface area contributed by atoms with E-state index < -0.39 is 0 Å². The number of rotatable bonds is 7. The molecule has 0 radical (unpaired) electrons. The summed E-state index contributed by atoms with van der Waals surface area (Å²) in [6, 6.07) is 6.59. The highest BCUT2D eigenvalue weighted by Gasteiger charge is 2.43. The van der Waals surface area contributed by atoms with Gasteiger partial charge in [0.25, 0.3) is 0 Å². The molecule has 0 aromatic heterocycles. The van der Waals surface area contributed by atoms with Gasteiger partial charge < -0.3 is 14.8 Å². The highest BCUT2D eigenvalue weighted by Crippen LogP contribution is 2.33. The zero-order chi connectivity index (χ0) is 14.5. The molecule has 0 amide bonds. The molecule has 2 rings (SSSR count). The molecule has 1 aliphatic carbocycles. The first-order valence-electron chi connectivity index (χ1n) is 7.43. The second-order valence-electron chi connectivity index (χ2n) is 5.31. The van der Waals surface area contributed by atoms with Crippen LogP contribution >= 0.6 is 15.9 Å². The molecule has 0 aliphatic heterocycles. The Bertz CT molecular complexity index is 438. The molecule has 3 atom stereocenters. The van der Waals surface area contributed by atoms with Gasteiger partial charge in [-0.15, -0.1) is 0 Å². The highest BCUT2D eigenvalue weighted by molar-refractivity contribution is 9.10. The van der Waals surface area contributed by atoms with Gasteiger partial charge in [-0.2, -0.15) is 0 Å². The number of halogens is 1. The molecule has 1 aromatic rings. The van der Waals surface area contributed by atoms with Crippen LogP contribution in [0.5, 0.6) is 5.75 Å². The van der Waals surface area contributed by atoms with Crippen molar-refractivity contribution in [3.8, 4) is 5.75 Å². The van der Waals surface area contributed by atoms with E-state index in [1.165, 1.54) is 5.56 Å². The monoisotopic (exact) mass is 341 g/mol. The second-order valence-corrected chi connectivity index (χ2v) is 6.16. The maximum atomic E-state index is 6.10. The van der Waals surface area contributed by atoms with Crippen molar-refractivity contribution in [2.75, 3.05) is 13.2 Å². The fraction of sp³-hybridized carbons (Fsp3) is 0.625. The van der Waals surface area contributed by atoms with Gasteiger partial charge in [-0.25, -0.2) is 0 Å². The van der Waals surface area contributed by atoms with E-state index in [9.17, 15) is 0 Å². The molecule has 1 N–H and O–H groups in total. The quantitative estimate of drug-likeness (QED) is 0.820. The Morgan fingerprint density at radius 2 is 2.15 bits per heavy atom. The summed E-state index contributed by atoms with van der Waals surface area (Å²) < 4.78 is 12.9. The van der Waals surface area contributed by atoms with E-state index in [0.717, 1.165) is 36.2 Å². The third kappa shape index (κ3) is 3.74. The minimum Gasteiger partial charge on any atom is -0.486 e. The summed E-state index contributed by atoms with van der Waals surface area (Å²) in [5.41, 5.74) is 1.22. The van der Waals surface area contributed by atoms with Crippen molar-refractivity contribution >= 4 is 15.9 Å². The van der Waals surface area contributed by atoms with Gasteiger partial charge in [0.05, 0.1) is 4.47 Å². The molecule has 3 unspecified atom stereocenters. The topological polar surface area (TPSA) is 30.5 Å².